The average molecular weight is 231 g/mol. The highest BCUT2D eigenvalue weighted by Crippen LogP contribution is 2.17. The average Bonchev–Trinajstić information content (AvgIpc) is 2.23. The maximum absolute atomic E-state index is 11.9. The summed E-state index contributed by atoms with van der Waals surface area (Å²) in [4.78, 5) is 0. The molecule has 0 radical (unpaired) electrons. The van der Waals surface area contributed by atoms with Crippen molar-refractivity contribution in [2.75, 3.05) is 6.61 Å². The number of hydrogen-bond donors (Lipinski definition) is 0. The minimum atomic E-state index is -4.62. The molecule has 0 N–H and O–H groups in total. The van der Waals surface area contributed by atoms with Crippen LogP contribution in [0.15, 0.2) is 30.3 Å². The molecule has 1 nitrogen and oxygen atoms in total. The summed E-state index contributed by atoms with van der Waals surface area (Å²) in [6.07, 6.45) is -0.0267. The third kappa shape index (κ3) is 6.51. The van der Waals surface area contributed by atoms with Crippen molar-refractivity contribution in [1.82, 2.24) is 0 Å². The highest BCUT2D eigenvalue weighted by atomic mass is 19.4. The van der Waals surface area contributed by atoms with Gasteiger partial charge in [-0.25, -0.2) is 0 Å². The Bertz CT molecular complexity index is 287. The Morgan fingerprint density at radius 1 is 1.00 bits per heavy atom. The first-order valence-electron chi connectivity index (χ1n) is 5.40. The predicted octanol–water partition coefficient (Wildman–Crippen LogP) is 3.83. The number of hydrogen-bond acceptors (Lipinski definition) is 1. The van der Waals surface area contributed by atoms with Gasteiger partial charge in [0.15, 0.2) is 0 Å². The molecular weight excluding hydrogens is 216 g/mol. The maximum atomic E-state index is 11.9. The number of benzene rings is 1. The minimum absolute atomic E-state index is 0.165. The molecule has 1 aromatic rings. The smallest absolute Gasteiger partial charge is 0.449 e. The van der Waals surface area contributed by atoms with E-state index in [1.165, 1.54) is 0 Å². The molecule has 0 aliphatic rings. The minimum Gasteiger partial charge on any atom is -0.449 e. The molecule has 0 bridgehead atoms. The summed E-state index contributed by atoms with van der Waals surface area (Å²) in [6.45, 7) is -3.76. The van der Waals surface area contributed by atoms with Gasteiger partial charge in [-0.15, -0.1) is 0 Å². The Kier molecular flexibility index (Phi) is 5.39. The molecule has 0 aliphatic carbocycles. The summed E-state index contributed by atoms with van der Waals surface area (Å²) in [5.41, 5.74) is 1.04. The van der Waals surface area contributed by atoms with Crippen LogP contribution < -0.4 is 0 Å². The second kappa shape index (κ2) is 6.58. The van der Waals surface area contributed by atoms with Gasteiger partial charge in [0.2, 0.25) is 0 Å². The molecule has 16 heavy (non-hydrogen) atoms. The van der Waals surface area contributed by atoms with Crippen molar-refractivity contribution in [1.29, 1.82) is 0 Å². The van der Waals surface area contributed by atoms with Crippen LogP contribution in [0, 0.1) is 0 Å². The lowest BCUT2D eigenvalue weighted by Crippen LogP contribution is -2.13. The molecule has 90 valence electrons. The van der Waals surface area contributed by atoms with Crippen molar-refractivity contribution in [3.8, 4) is 0 Å². The molecule has 0 heterocycles. The maximum Gasteiger partial charge on any atom is 0.478 e. The van der Waals surface area contributed by atoms with Crippen LogP contribution in [0.4, 0.5) is 12.9 Å². The number of halogens is 3. The van der Waals surface area contributed by atoms with Gasteiger partial charge in [-0.1, -0.05) is 43.1 Å². The van der Waals surface area contributed by atoms with Crippen LogP contribution in [-0.2, 0) is 11.3 Å². The summed E-state index contributed by atoms with van der Waals surface area (Å²) in [6, 6.07) is 9.59. The zero-order chi connectivity index (χ0) is 11.9. The SMILES string of the molecule is F[B-](F)(F)CCCCOCc1ccccc1. The fourth-order valence-corrected chi connectivity index (χ4v) is 1.34. The van der Waals surface area contributed by atoms with Crippen LogP contribution in [0.5, 0.6) is 0 Å². The zero-order valence-corrected chi connectivity index (χ0v) is 9.04. The topological polar surface area (TPSA) is 9.23 Å². The van der Waals surface area contributed by atoms with E-state index in [1.54, 1.807) is 0 Å². The van der Waals surface area contributed by atoms with E-state index in [-0.39, 0.29) is 6.42 Å². The van der Waals surface area contributed by atoms with Crippen LogP contribution in [0.25, 0.3) is 0 Å². The van der Waals surface area contributed by atoms with E-state index >= 15 is 0 Å². The number of rotatable bonds is 7. The summed E-state index contributed by atoms with van der Waals surface area (Å²) in [7, 11) is 0. The Labute approximate surface area is 93.7 Å². The van der Waals surface area contributed by atoms with Gasteiger partial charge in [0.25, 0.3) is 0 Å². The van der Waals surface area contributed by atoms with E-state index in [0.717, 1.165) is 5.56 Å². The molecule has 0 aliphatic heterocycles. The Morgan fingerprint density at radius 2 is 1.69 bits per heavy atom. The molecule has 0 saturated carbocycles. The lowest BCUT2D eigenvalue weighted by molar-refractivity contribution is 0.117. The molecule has 0 aromatic heterocycles. The van der Waals surface area contributed by atoms with Gasteiger partial charge in [0.1, 0.15) is 0 Å². The molecule has 0 atom stereocenters. The van der Waals surface area contributed by atoms with E-state index in [9.17, 15) is 12.9 Å². The van der Waals surface area contributed by atoms with E-state index in [1.807, 2.05) is 30.3 Å². The van der Waals surface area contributed by atoms with E-state index in [2.05, 4.69) is 0 Å². The van der Waals surface area contributed by atoms with Gasteiger partial charge in [-0.05, 0) is 12.0 Å². The Hall–Kier alpha value is -0.965. The van der Waals surface area contributed by atoms with E-state index < -0.39 is 13.3 Å². The second-order valence-electron chi connectivity index (χ2n) is 3.74. The van der Waals surface area contributed by atoms with Crippen LogP contribution in [-0.4, -0.2) is 13.6 Å². The summed E-state index contributed by atoms with van der Waals surface area (Å²) >= 11 is 0. The van der Waals surface area contributed by atoms with Crippen molar-refractivity contribution in [2.45, 2.75) is 25.8 Å². The first-order chi connectivity index (χ1) is 7.58. The summed E-state index contributed by atoms with van der Waals surface area (Å²) in [5, 5.41) is 0. The lowest BCUT2D eigenvalue weighted by atomic mass is 9.84. The van der Waals surface area contributed by atoms with Gasteiger partial charge in [-0.3, -0.25) is 0 Å². The molecule has 0 unspecified atom stereocenters. The third-order valence-corrected chi connectivity index (χ3v) is 2.18. The molecule has 0 spiro atoms. The van der Waals surface area contributed by atoms with Crippen molar-refractivity contribution in [2.24, 2.45) is 0 Å². The van der Waals surface area contributed by atoms with Crippen LogP contribution in [0.3, 0.4) is 0 Å². The monoisotopic (exact) mass is 231 g/mol. The lowest BCUT2D eigenvalue weighted by Gasteiger charge is -2.12. The summed E-state index contributed by atoms with van der Waals surface area (Å²) < 4.78 is 40.8. The fraction of sp³-hybridized carbons (Fsp3) is 0.455. The Morgan fingerprint density at radius 3 is 2.31 bits per heavy atom. The summed E-state index contributed by atoms with van der Waals surface area (Å²) in [5.74, 6) is 0. The van der Waals surface area contributed by atoms with Gasteiger partial charge in [-0.2, -0.15) is 0 Å². The van der Waals surface area contributed by atoms with Crippen LogP contribution in [0.1, 0.15) is 18.4 Å². The molecular formula is C11H15BF3O-. The van der Waals surface area contributed by atoms with Crippen LogP contribution in [0.2, 0.25) is 6.32 Å². The number of ether oxygens (including phenoxy) is 1. The van der Waals surface area contributed by atoms with Gasteiger partial charge in [0, 0.05) is 6.61 Å². The highest BCUT2D eigenvalue weighted by molar-refractivity contribution is 6.58. The molecule has 0 saturated heterocycles. The van der Waals surface area contributed by atoms with Crippen molar-refractivity contribution in [3.63, 3.8) is 0 Å². The molecule has 5 heteroatoms. The van der Waals surface area contributed by atoms with Crippen molar-refractivity contribution < 1.29 is 17.7 Å². The Balaban J connectivity index is 2.01. The fourth-order valence-electron chi connectivity index (χ4n) is 1.34. The van der Waals surface area contributed by atoms with Crippen molar-refractivity contribution >= 4 is 6.98 Å². The molecule has 1 aromatic carbocycles. The second-order valence-corrected chi connectivity index (χ2v) is 3.74. The predicted molar refractivity (Wildman–Crippen MR) is 59.2 cm³/mol. The molecule has 0 amide bonds. The number of unbranched alkanes of at least 4 members (excludes halogenated alkanes) is 1. The molecule has 0 fully saturated rings. The van der Waals surface area contributed by atoms with E-state index in [0.29, 0.717) is 19.6 Å². The zero-order valence-electron chi connectivity index (χ0n) is 9.04. The van der Waals surface area contributed by atoms with E-state index in [4.69, 9.17) is 4.74 Å². The standard InChI is InChI=1S/C11H15BF3O/c13-12(14,15)8-4-5-9-16-10-11-6-2-1-3-7-11/h1-3,6-7H,4-5,8-10H2/q-1. The van der Waals surface area contributed by atoms with Gasteiger partial charge >= 0.3 is 6.98 Å². The van der Waals surface area contributed by atoms with Gasteiger partial charge < -0.3 is 17.7 Å². The third-order valence-electron chi connectivity index (χ3n) is 2.18. The normalized spacial score (nSPS) is 11.7. The molecule has 1 rings (SSSR count). The quantitative estimate of drug-likeness (QED) is 0.511. The van der Waals surface area contributed by atoms with Crippen LogP contribution >= 0.6 is 0 Å². The highest BCUT2D eigenvalue weighted by Gasteiger charge is 2.21. The van der Waals surface area contributed by atoms with Crippen molar-refractivity contribution in [3.05, 3.63) is 35.9 Å². The first kappa shape index (κ1) is 13.1. The largest absolute Gasteiger partial charge is 0.478 e. The first-order valence-corrected chi connectivity index (χ1v) is 5.40. The van der Waals surface area contributed by atoms with Gasteiger partial charge in [0.05, 0.1) is 6.61 Å².